The Balaban J connectivity index is 1.60. The van der Waals surface area contributed by atoms with Gasteiger partial charge < -0.3 is 5.32 Å². The van der Waals surface area contributed by atoms with Crippen LogP contribution >= 0.6 is 0 Å². The Morgan fingerprint density at radius 2 is 2.33 bits per heavy atom. The Labute approximate surface area is 90.9 Å². The van der Waals surface area contributed by atoms with Gasteiger partial charge in [-0.3, -0.25) is 4.68 Å². The van der Waals surface area contributed by atoms with E-state index in [4.69, 9.17) is 0 Å². The van der Waals surface area contributed by atoms with E-state index in [-0.39, 0.29) is 0 Å². The van der Waals surface area contributed by atoms with Crippen LogP contribution in [0.4, 0.5) is 0 Å². The van der Waals surface area contributed by atoms with Gasteiger partial charge in [0, 0.05) is 12.7 Å². The number of rotatable bonds is 3. The van der Waals surface area contributed by atoms with Crippen molar-refractivity contribution in [1.29, 1.82) is 0 Å². The van der Waals surface area contributed by atoms with Crippen LogP contribution in [0.25, 0.3) is 0 Å². The molecule has 1 aromatic rings. The molecule has 3 rings (SSSR count). The average Bonchev–Trinajstić information content (AvgIpc) is 3.02. The monoisotopic (exact) mass is 205 g/mol. The van der Waals surface area contributed by atoms with Gasteiger partial charge in [0.15, 0.2) is 0 Å². The quantitative estimate of drug-likeness (QED) is 0.815. The molecule has 2 fully saturated rings. The minimum atomic E-state index is 0.783. The molecule has 1 N–H and O–H groups in total. The van der Waals surface area contributed by atoms with E-state index in [1.165, 1.54) is 44.3 Å². The number of piperidine rings is 1. The smallest absolute Gasteiger partial charge is 0.0524 e. The fraction of sp³-hybridized carbons (Fsp3) is 0.750. The van der Waals surface area contributed by atoms with Crippen LogP contribution in [-0.2, 0) is 6.54 Å². The lowest BCUT2D eigenvalue weighted by Gasteiger charge is -2.22. The zero-order chi connectivity index (χ0) is 10.1. The summed E-state index contributed by atoms with van der Waals surface area (Å²) in [4.78, 5) is 0. The van der Waals surface area contributed by atoms with Crippen molar-refractivity contribution in [2.45, 2.75) is 38.1 Å². The fourth-order valence-corrected chi connectivity index (χ4v) is 2.45. The van der Waals surface area contributed by atoms with E-state index in [9.17, 15) is 0 Å². The normalized spacial score (nSPS) is 26.8. The van der Waals surface area contributed by atoms with Gasteiger partial charge in [-0.2, -0.15) is 5.10 Å². The first-order valence-corrected chi connectivity index (χ1v) is 6.15. The molecule has 82 valence electrons. The second-order valence-corrected chi connectivity index (χ2v) is 4.98. The standard InChI is InChI=1S/C12H19N3/c1-2-10(6-13-5-1)8-15-9-12(7-14-15)11-3-4-11/h7,9-11,13H,1-6,8H2. The van der Waals surface area contributed by atoms with Crippen LogP contribution in [0.1, 0.15) is 37.2 Å². The van der Waals surface area contributed by atoms with Crippen LogP contribution in [0.5, 0.6) is 0 Å². The summed E-state index contributed by atoms with van der Waals surface area (Å²) >= 11 is 0. The number of hydrogen-bond donors (Lipinski definition) is 1. The Hall–Kier alpha value is -0.830. The van der Waals surface area contributed by atoms with Crippen molar-refractivity contribution in [1.82, 2.24) is 15.1 Å². The lowest BCUT2D eigenvalue weighted by Crippen LogP contribution is -2.32. The van der Waals surface area contributed by atoms with Gasteiger partial charge in [0.1, 0.15) is 0 Å². The van der Waals surface area contributed by atoms with Crippen molar-refractivity contribution in [2.24, 2.45) is 5.92 Å². The molecule has 15 heavy (non-hydrogen) atoms. The summed E-state index contributed by atoms with van der Waals surface area (Å²) in [5, 5.41) is 7.92. The second kappa shape index (κ2) is 3.97. The van der Waals surface area contributed by atoms with E-state index in [2.05, 4.69) is 27.5 Å². The predicted molar refractivity (Wildman–Crippen MR) is 59.8 cm³/mol. The van der Waals surface area contributed by atoms with Crippen LogP contribution in [0.15, 0.2) is 12.4 Å². The maximum Gasteiger partial charge on any atom is 0.0524 e. The SMILES string of the molecule is c1nn(CC2CCCNC2)cc1C1CC1. The zero-order valence-electron chi connectivity index (χ0n) is 9.15. The largest absolute Gasteiger partial charge is 0.316 e. The molecule has 1 saturated heterocycles. The van der Waals surface area contributed by atoms with E-state index < -0.39 is 0 Å². The average molecular weight is 205 g/mol. The van der Waals surface area contributed by atoms with Gasteiger partial charge in [-0.1, -0.05) is 0 Å². The maximum atomic E-state index is 4.46. The molecule has 2 heterocycles. The third-order valence-corrected chi connectivity index (χ3v) is 3.55. The number of nitrogens with zero attached hydrogens (tertiary/aromatic N) is 2. The fourth-order valence-electron chi connectivity index (χ4n) is 2.45. The minimum absolute atomic E-state index is 0.783. The van der Waals surface area contributed by atoms with E-state index in [1.807, 2.05) is 0 Å². The van der Waals surface area contributed by atoms with Gasteiger partial charge in [0.25, 0.3) is 0 Å². The Morgan fingerprint density at radius 3 is 3.07 bits per heavy atom. The van der Waals surface area contributed by atoms with Crippen LogP contribution < -0.4 is 5.32 Å². The first-order valence-electron chi connectivity index (χ1n) is 6.15. The molecule has 1 atom stereocenters. The molecule has 1 saturated carbocycles. The van der Waals surface area contributed by atoms with Crippen LogP contribution in [0.3, 0.4) is 0 Å². The molecule has 0 spiro atoms. The summed E-state index contributed by atoms with van der Waals surface area (Å²) in [5.74, 6) is 1.62. The van der Waals surface area contributed by atoms with Crippen molar-refractivity contribution in [3.05, 3.63) is 18.0 Å². The van der Waals surface area contributed by atoms with Gasteiger partial charge in [-0.05, 0) is 56.2 Å². The Kier molecular flexibility index (Phi) is 2.49. The maximum absolute atomic E-state index is 4.46. The van der Waals surface area contributed by atoms with Gasteiger partial charge in [-0.25, -0.2) is 0 Å². The molecule has 1 aliphatic heterocycles. The van der Waals surface area contributed by atoms with E-state index in [0.717, 1.165) is 18.4 Å². The summed E-state index contributed by atoms with van der Waals surface area (Å²) in [6.07, 6.45) is 9.74. The van der Waals surface area contributed by atoms with Crippen LogP contribution in [0.2, 0.25) is 0 Å². The lowest BCUT2D eigenvalue weighted by atomic mass is 10.00. The Bertz CT molecular complexity index is 321. The Morgan fingerprint density at radius 1 is 1.40 bits per heavy atom. The number of hydrogen-bond acceptors (Lipinski definition) is 2. The topological polar surface area (TPSA) is 29.9 Å². The third-order valence-electron chi connectivity index (χ3n) is 3.55. The molecular weight excluding hydrogens is 186 g/mol. The first-order chi connectivity index (χ1) is 7.42. The summed E-state index contributed by atoms with van der Waals surface area (Å²) in [6.45, 7) is 3.46. The van der Waals surface area contributed by atoms with Crippen LogP contribution in [0, 0.1) is 5.92 Å². The molecule has 0 bridgehead atoms. The van der Waals surface area contributed by atoms with Gasteiger partial charge in [0.2, 0.25) is 0 Å². The van der Waals surface area contributed by atoms with Gasteiger partial charge >= 0.3 is 0 Å². The van der Waals surface area contributed by atoms with E-state index >= 15 is 0 Å². The highest BCUT2D eigenvalue weighted by molar-refractivity contribution is 5.16. The molecule has 1 aliphatic carbocycles. The molecule has 3 heteroatoms. The molecule has 0 radical (unpaired) electrons. The van der Waals surface area contributed by atoms with Crippen LogP contribution in [-0.4, -0.2) is 22.9 Å². The predicted octanol–water partition coefficient (Wildman–Crippen LogP) is 1.76. The zero-order valence-corrected chi connectivity index (χ0v) is 9.15. The summed E-state index contributed by atoms with van der Waals surface area (Å²) in [7, 11) is 0. The number of nitrogens with one attached hydrogen (secondary N) is 1. The van der Waals surface area contributed by atoms with Crippen molar-refractivity contribution in [2.75, 3.05) is 13.1 Å². The summed E-state index contributed by atoms with van der Waals surface area (Å²) in [6, 6.07) is 0. The number of aromatic nitrogens is 2. The molecule has 3 nitrogen and oxygen atoms in total. The third kappa shape index (κ3) is 2.23. The highest BCUT2D eigenvalue weighted by atomic mass is 15.3. The molecule has 0 amide bonds. The molecular formula is C12H19N3. The minimum Gasteiger partial charge on any atom is -0.316 e. The van der Waals surface area contributed by atoms with Crippen molar-refractivity contribution >= 4 is 0 Å². The molecule has 1 unspecified atom stereocenters. The summed E-state index contributed by atoms with van der Waals surface area (Å²) < 4.78 is 2.14. The van der Waals surface area contributed by atoms with Crippen molar-refractivity contribution in [3.8, 4) is 0 Å². The molecule has 2 aliphatic rings. The highest BCUT2D eigenvalue weighted by Crippen LogP contribution is 2.39. The first kappa shape index (κ1) is 9.40. The second-order valence-electron chi connectivity index (χ2n) is 4.98. The van der Waals surface area contributed by atoms with E-state index in [1.54, 1.807) is 0 Å². The molecule has 0 aromatic carbocycles. The van der Waals surface area contributed by atoms with Crippen molar-refractivity contribution in [3.63, 3.8) is 0 Å². The molecule has 1 aromatic heterocycles. The van der Waals surface area contributed by atoms with Gasteiger partial charge in [0.05, 0.1) is 6.20 Å². The highest BCUT2D eigenvalue weighted by Gasteiger charge is 2.25. The summed E-state index contributed by atoms with van der Waals surface area (Å²) in [5.41, 5.74) is 1.46. The lowest BCUT2D eigenvalue weighted by molar-refractivity contribution is 0.325. The van der Waals surface area contributed by atoms with Gasteiger partial charge in [-0.15, -0.1) is 0 Å². The van der Waals surface area contributed by atoms with Crippen molar-refractivity contribution < 1.29 is 0 Å². The van der Waals surface area contributed by atoms with E-state index in [0.29, 0.717) is 0 Å².